The topological polar surface area (TPSA) is 60.2 Å². The van der Waals surface area contributed by atoms with Gasteiger partial charge in [0.2, 0.25) is 0 Å². The Morgan fingerprint density at radius 1 is 1.29 bits per heavy atom. The van der Waals surface area contributed by atoms with Crippen LogP contribution in [0.15, 0.2) is 0 Å². The van der Waals surface area contributed by atoms with E-state index < -0.39 is 6.23 Å². The van der Waals surface area contributed by atoms with E-state index in [2.05, 4.69) is 10.2 Å². The summed E-state index contributed by atoms with van der Waals surface area (Å²) in [6.45, 7) is 1.70. The van der Waals surface area contributed by atoms with Crippen molar-refractivity contribution in [1.29, 1.82) is 0 Å². The Hall–Kier alpha value is -0.940. The monoisotopic (exact) mass is 237 g/mol. The van der Waals surface area contributed by atoms with Crippen molar-refractivity contribution < 1.29 is 9.84 Å². The van der Waals surface area contributed by atoms with E-state index in [1.165, 1.54) is 6.42 Å². The van der Waals surface area contributed by atoms with Gasteiger partial charge in [0.25, 0.3) is 0 Å². The minimum absolute atomic E-state index is 0.423. The fraction of sp³-hybridized carbons (Fsp3) is 0.833. The fourth-order valence-electron chi connectivity index (χ4n) is 2.81. The first kappa shape index (κ1) is 11.2. The third-order valence-corrected chi connectivity index (χ3v) is 3.72. The minimum Gasteiger partial charge on any atom is -0.381 e. The maximum Gasteiger partial charge on any atom is 0.135 e. The zero-order valence-corrected chi connectivity index (χ0v) is 10.0. The van der Waals surface area contributed by atoms with E-state index >= 15 is 0 Å². The summed E-state index contributed by atoms with van der Waals surface area (Å²) < 4.78 is 7.41. The normalized spacial score (nSPS) is 29.0. The van der Waals surface area contributed by atoms with Crippen LogP contribution in [0.5, 0.6) is 0 Å². The Morgan fingerprint density at radius 2 is 2.24 bits per heavy atom. The number of aryl methyl sites for hydroxylation is 1. The van der Waals surface area contributed by atoms with Crippen LogP contribution in [0.2, 0.25) is 0 Å². The smallest absolute Gasteiger partial charge is 0.135 e. The molecule has 1 aromatic heterocycles. The lowest BCUT2D eigenvalue weighted by Crippen LogP contribution is -2.24. The first-order chi connectivity index (χ1) is 8.34. The van der Waals surface area contributed by atoms with Crippen molar-refractivity contribution in [3.63, 3.8) is 0 Å². The number of rotatable bonds is 2. The van der Waals surface area contributed by atoms with Gasteiger partial charge < -0.3 is 9.84 Å². The zero-order valence-electron chi connectivity index (χ0n) is 10.0. The average molecular weight is 237 g/mol. The summed E-state index contributed by atoms with van der Waals surface area (Å²) in [5, 5.41) is 18.4. The molecule has 0 spiro atoms. The van der Waals surface area contributed by atoms with E-state index in [4.69, 9.17) is 4.74 Å². The number of fused-ring (bicyclic) bond motifs is 1. The summed E-state index contributed by atoms with van der Waals surface area (Å²) in [7, 11) is 0. The van der Waals surface area contributed by atoms with Crippen LogP contribution in [0.3, 0.4) is 0 Å². The van der Waals surface area contributed by atoms with Crippen LogP contribution in [0.4, 0.5) is 0 Å². The van der Waals surface area contributed by atoms with Gasteiger partial charge in [0.15, 0.2) is 0 Å². The SMILES string of the molecule is OC1CCCc2nnc(CC3CCCOC3)n21. The Labute approximate surface area is 101 Å². The summed E-state index contributed by atoms with van der Waals surface area (Å²) >= 11 is 0. The fourth-order valence-corrected chi connectivity index (χ4v) is 2.81. The van der Waals surface area contributed by atoms with E-state index in [-0.39, 0.29) is 0 Å². The zero-order chi connectivity index (χ0) is 11.7. The third-order valence-electron chi connectivity index (χ3n) is 3.72. The summed E-state index contributed by atoms with van der Waals surface area (Å²) in [4.78, 5) is 0. The van der Waals surface area contributed by atoms with Crippen LogP contribution < -0.4 is 0 Å². The highest BCUT2D eigenvalue weighted by molar-refractivity contribution is 5.01. The van der Waals surface area contributed by atoms with Gasteiger partial charge in [0, 0.05) is 26.1 Å². The Kier molecular flexibility index (Phi) is 3.11. The molecule has 1 saturated heterocycles. The second kappa shape index (κ2) is 4.74. The number of aliphatic hydroxyl groups is 1. The molecule has 0 radical (unpaired) electrons. The number of hydrogen-bond acceptors (Lipinski definition) is 4. The van der Waals surface area contributed by atoms with E-state index in [1.54, 1.807) is 0 Å². The van der Waals surface area contributed by atoms with Crippen molar-refractivity contribution in [2.24, 2.45) is 5.92 Å². The lowest BCUT2D eigenvalue weighted by molar-refractivity contribution is 0.0487. The van der Waals surface area contributed by atoms with Crippen LogP contribution in [0, 0.1) is 5.92 Å². The first-order valence-corrected chi connectivity index (χ1v) is 6.53. The lowest BCUT2D eigenvalue weighted by Gasteiger charge is -2.24. The quantitative estimate of drug-likeness (QED) is 0.836. The van der Waals surface area contributed by atoms with Gasteiger partial charge >= 0.3 is 0 Å². The van der Waals surface area contributed by atoms with Crippen molar-refractivity contribution in [2.75, 3.05) is 13.2 Å². The third kappa shape index (κ3) is 2.21. The molecule has 0 aliphatic carbocycles. The molecule has 0 saturated carbocycles. The van der Waals surface area contributed by atoms with Crippen molar-refractivity contribution >= 4 is 0 Å². The van der Waals surface area contributed by atoms with Crippen LogP contribution in [-0.2, 0) is 17.6 Å². The van der Waals surface area contributed by atoms with Gasteiger partial charge in [-0.1, -0.05) is 0 Å². The first-order valence-electron chi connectivity index (χ1n) is 6.53. The van der Waals surface area contributed by atoms with E-state index in [0.29, 0.717) is 5.92 Å². The molecule has 0 amide bonds. The Morgan fingerprint density at radius 3 is 3.06 bits per heavy atom. The van der Waals surface area contributed by atoms with Crippen LogP contribution >= 0.6 is 0 Å². The molecule has 1 aromatic rings. The minimum atomic E-state index is -0.423. The predicted octanol–water partition coefficient (Wildman–Crippen LogP) is 1.07. The molecule has 0 bridgehead atoms. The highest BCUT2D eigenvalue weighted by atomic mass is 16.5. The molecule has 2 atom stereocenters. The van der Waals surface area contributed by atoms with Gasteiger partial charge in [-0.05, 0) is 31.6 Å². The number of nitrogens with zero attached hydrogens (tertiary/aromatic N) is 3. The van der Waals surface area contributed by atoms with E-state index in [9.17, 15) is 5.11 Å². The lowest BCUT2D eigenvalue weighted by atomic mass is 9.98. The van der Waals surface area contributed by atoms with Crippen LogP contribution in [-0.4, -0.2) is 33.1 Å². The molecule has 5 nitrogen and oxygen atoms in total. The molecular weight excluding hydrogens is 218 g/mol. The molecule has 94 valence electrons. The molecule has 0 aromatic carbocycles. The molecule has 2 aliphatic rings. The van der Waals surface area contributed by atoms with Crippen molar-refractivity contribution in [3.8, 4) is 0 Å². The van der Waals surface area contributed by atoms with Gasteiger partial charge in [-0.15, -0.1) is 10.2 Å². The number of ether oxygens (including phenoxy) is 1. The molecule has 1 fully saturated rings. The maximum absolute atomic E-state index is 10.0. The standard InChI is InChI=1S/C12H19N3O2/c16-12-5-1-4-10-13-14-11(15(10)12)7-9-3-2-6-17-8-9/h9,12,16H,1-8H2. The summed E-state index contributed by atoms with van der Waals surface area (Å²) in [5.41, 5.74) is 0. The van der Waals surface area contributed by atoms with Crippen molar-refractivity contribution in [1.82, 2.24) is 14.8 Å². The second-order valence-electron chi connectivity index (χ2n) is 5.06. The molecule has 3 rings (SSSR count). The Balaban J connectivity index is 1.76. The number of aromatic nitrogens is 3. The molecule has 3 heterocycles. The predicted molar refractivity (Wildman–Crippen MR) is 61.5 cm³/mol. The van der Waals surface area contributed by atoms with Crippen LogP contribution in [0.25, 0.3) is 0 Å². The molecular formula is C12H19N3O2. The van der Waals surface area contributed by atoms with E-state index in [1.807, 2.05) is 4.57 Å². The molecule has 17 heavy (non-hydrogen) atoms. The van der Waals surface area contributed by atoms with Gasteiger partial charge in [0.05, 0.1) is 0 Å². The summed E-state index contributed by atoms with van der Waals surface area (Å²) in [6, 6.07) is 0. The summed E-state index contributed by atoms with van der Waals surface area (Å²) in [5.74, 6) is 2.41. The summed E-state index contributed by atoms with van der Waals surface area (Å²) in [6.07, 6.45) is 5.54. The van der Waals surface area contributed by atoms with Crippen LogP contribution in [0.1, 0.15) is 43.6 Å². The number of aliphatic hydroxyl groups excluding tert-OH is 1. The largest absolute Gasteiger partial charge is 0.381 e. The highest BCUT2D eigenvalue weighted by Crippen LogP contribution is 2.25. The van der Waals surface area contributed by atoms with E-state index in [0.717, 1.165) is 57.0 Å². The van der Waals surface area contributed by atoms with Gasteiger partial charge in [-0.2, -0.15) is 0 Å². The van der Waals surface area contributed by atoms with Gasteiger partial charge in [0.1, 0.15) is 17.9 Å². The maximum atomic E-state index is 10.0. The van der Waals surface area contributed by atoms with Gasteiger partial charge in [-0.25, -0.2) is 0 Å². The van der Waals surface area contributed by atoms with Crippen molar-refractivity contribution in [3.05, 3.63) is 11.6 Å². The van der Waals surface area contributed by atoms with Crippen molar-refractivity contribution in [2.45, 2.75) is 44.8 Å². The molecule has 2 unspecified atom stereocenters. The number of hydrogen-bond donors (Lipinski definition) is 1. The molecule has 1 N–H and O–H groups in total. The molecule has 2 aliphatic heterocycles. The average Bonchev–Trinajstić information content (AvgIpc) is 2.75. The highest BCUT2D eigenvalue weighted by Gasteiger charge is 2.25. The second-order valence-corrected chi connectivity index (χ2v) is 5.06. The Bertz CT molecular complexity index is 385. The van der Waals surface area contributed by atoms with Gasteiger partial charge in [-0.3, -0.25) is 4.57 Å². The molecule has 5 heteroatoms.